The topological polar surface area (TPSA) is 50.4 Å². The fourth-order valence-electron chi connectivity index (χ4n) is 2.03. The van der Waals surface area contributed by atoms with Crippen molar-refractivity contribution in [2.24, 2.45) is 5.41 Å². The maximum Gasteiger partial charge on any atom is 0.317 e. The zero-order chi connectivity index (χ0) is 9.69. The van der Waals surface area contributed by atoms with Crippen LogP contribution in [0.25, 0.3) is 0 Å². The van der Waals surface area contributed by atoms with E-state index >= 15 is 0 Å². The second-order valence-electron chi connectivity index (χ2n) is 4.25. The van der Waals surface area contributed by atoms with Gasteiger partial charge in [-0.05, 0) is 24.0 Å². The Morgan fingerprint density at radius 3 is 2.54 bits per heavy atom. The van der Waals surface area contributed by atoms with Crippen LogP contribution < -0.4 is 0 Å². The molecule has 1 heterocycles. The summed E-state index contributed by atoms with van der Waals surface area (Å²) in [6, 6.07) is 3.47. The molecule has 0 saturated heterocycles. The summed E-state index contributed by atoms with van der Waals surface area (Å²) in [5.41, 5.74) is -0.965. The minimum absolute atomic E-state index is 0.184. The van der Waals surface area contributed by atoms with E-state index in [1.165, 1.54) is 6.26 Å². The molecule has 70 valence electrons. The molecule has 1 aliphatic rings. The van der Waals surface area contributed by atoms with Crippen LogP contribution in [0, 0.1) is 5.41 Å². The molecule has 0 amide bonds. The molecule has 13 heavy (non-hydrogen) atoms. The quantitative estimate of drug-likeness (QED) is 0.757. The van der Waals surface area contributed by atoms with Crippen molar-refractivity contribution < 1.29 is 14.3 Å². The number of furan rings is 1. The molecule has 0 spiro atoms. The molecule has 0 aliphatic heterocycles. The highest BCUT2D eigenvalue weighted by Gasteiger charge is 2.69. The van der Waals surface area contributed by atoms with E-state index in [9.17, 15) is 4.79 Å². The minimum Gasteiger partial charge on any atom is -0.480 e. The first-order valence-corrected chi connectivity index (χ1v) is 4.28. The van der Waals surface area contributed by atoms with Gasteiger partial charge in [-0.3, -0.25) is 4.79 Å². The van der Waals surface area contributed by atoms with Gasteiger partial charge < -0.3 is 9.52 Å². The van der Waals surface area contributed by atoms with E-state index < -0.39 is 11.4 Å². The van der Waals surface area contributed by atoms with Gasteiger partial charge in [-0.25, -0.2) is 0 Å². The molecule has 1 saturated carbocycles. The molecule has 1 atom stereocenters. The van der Waals surface area contributed by atoms with Gasteiger partial charge in [-0.15, -0.1) is 0 Å². The molecule has 1 fully saturated rings. The molecule has 3 nitrogen and oxygen atoms in total. The van der Waals surface area contributed by atoms with Crippen LogP contribution in [-0.2, 0) is 10.2 Å². The highest BCUT2D eigenvalue weighted by atomic mass is 16.4. The highest BCUT2D eigenvalue weighted by molar-refractivity contribution is 5.86. The van der Waals surface area contributed by atoms with Crippen LogP contribution in [0.4, 0.5) is 0 Å². The van der Waals surface area contributed by atoms with E-state index in [4.69, 9.17) is 9.52 Å². The zero-order valence-electron chi connectivity index (χ0n) is 7.70. The third-order valence-electron chi connectivity index (χ3n) is 3.04. The van der Waals surface area contributed by atoms with E-state index in [1.807, 2.05) is 13.8 Å². The predicted octanol–water partition coefficient (Wildman–Crippen LogP) is 2.03. The van der Waals surface area contributed by atoms with Crippen LogP contribution in [0.5, 0.6) is 0 Å². The number of hydrogen-bond acceptors (Lipinski definition) is 2. The van der Waals surface area contributed by atoms with Gasteiger partial charge in [-0.2, -0.15) is 0 Å². The lowest BCUT2D eigenvalue weighted by Gasteiger charge is -2.11. The van der Waals surface area contributed by atoms with E-state index in [0.717, 1.165) is 0 Å². The number of aliphatic carboxylic acids is 1. The van der Waals surface area contributed by atoms with Crippen molar-refractivity contribution in [1.29, 1.82) is 0 Å². The predicted molar refractivity (Wildman–Crippen MR) is 46.4 cm³/mol. The maximum absolute atomic E-state index is 11.1. The standard InChI is InChI=1S/C10H12O3/c1-9(2)6-10(9,8(11)12)7-4-3-5-13-7/h3-5H,6H2,1-2H3,(H,11,12). The molecule has 3 heteroatoms. The summed E-state index contributed by atoms with van der Waals surface area (Å²) in [7, 11) is 0. The Morgan fingerprint density at radius 2 is 2.23 bits per heavy atom. The normalized spacial score (nSPS) is 30.0. The van der Waals surface area contributed by atoms with E-state index in [-0.39, 0.29) is 5.41 Å². The lowest BCUT2D eigenvalue weighted by molar-refractivity contribution is -0.141. The van der Waals surface area contributed by atoms with Gasteiger partial charge in [0.25, 0.3) is 0 Å². The first-order chi connectivity index (χ1) is 6.01. The summed E-state index contributed by atoms with van der Waals surface area (Å²) < 4.78 is 5.18. The number of hydrogen-bond donors (Lipinski definition) is 1. The molecule has 1 N–H and O–H groups in total. The number of carboxylic acids is 1. The smallest absolute Gasteiger partial charge is 0.317 e. The Kier molecular flexibility index (Phi) is 1.39. The van der Waals surface area contributed by atoms with Crippen LogP contribution in [0.15, 0.2) is 22.8 Å². The molecule has 0 aromatic carbocycles. The zero-order valence-corrected chi connectivity index (χ0v) is 7.70. The van der Waals surface area contributed by atoms with Gasteiger partial charge in [0.2, 0.25) is 0 Å². The van der Waals surface area contributed by atoms with Crippen molar-refractivity contribution in [3.63, 3.8) is 0 Å². The van der Waals surface area contributed by atoms with Gasteiger partial charge >= 0.3 is 5.97 Å². The lowest BCUT2D eigenvalue weighted by atomic mass is 9.93. The van der Waals surface area contributed by atoms with Crippen molar-refractivity contribution in [2.75, 3.05) is 0 Å². The minimum atomic E-state index is -0.785. The molecular weight excluding hydrogens is 168 g/mol. The Hall–Kier alpha value is -1.25. The second-order valence-corrected chi connectivity index (χ2v) is 4.25. The fourth-order valence-corrected chi connectivity index (χ4v) is 2.03. The number of carbonyl (C=O) groups is 1. The average molecular weight is 180 g/mol. The summed E-state index contributed by atoms with van der Waals surface area (Å²) in [4.78, 5) is 11.1. The van der Waals surface area contributed by atoms with Gasteiger partial charge in [-0.1, -0.05) is 13.8 Å². The Bertz CT molecular complexity index is 337. The Labute approximate surface area is 76.4 Å². The molecule has 0 radical (unpaired) electrons. The summed E-state index contributed by atoms with van der Waals surface area (Å²) in [6.45, 7) is 3.90. The molecule has 1 aliphatic carbocycles. The van der Waals surface area contributed by atoms with Gasteiger partial charge in [0.15, 0.2) is 0 Å². The third kappa shape index (κ3) is 0.870. The first kappa shape index (κ1) is 8.35. The van der Waals surface area contributed by atoms with Crippen molar-refractivity contribution >= 4 is 5.97 Å². The highest BCUT2D eigenvalue weighted by Crippen LogP contribution is 2.64. The first-order valence-electron chi connectivity index (χ1n) is 4.28. The van der Waals surface area contributed by atoms with Crippen LogP contribution in [0.3, 0.4) is 0 Å². The molecule has 0 bridgehead atoms. The fraction of sp³-hybridized carbons (Fsp3) is 0.500. The number of rotatable bonds is 2. The van der Waals surface area contributed by atoms with E-state index in [2.05, 4.69) is 0 Å². The van der Waals surface area contributed by atoms with Crippen LogP contribution >= 0.6 is 0 Å². The molecular formula is C10H12O3. The molecule has 1 aromatic rings. The molecule has 2 rings (SSSR count). The summed E-state index contributed by atoms with van der Waals surface area (Å²) >= 11 is 0. The maximum atomic E-state index is 11.1. The van der Waals surface area contributed by atoms with Crippen LogP contribution in [-0.4, -0.2) is 11.1 Å². The van der Waals surface area contributed by atoms with E-state index in [1.54, 1.807) is 12.1 Å². The van der Waals surface area contributed by atoms with Crippen LogP contribution in [0.2, 0.25) is 0 Å². The van der Waals surface area contributed by atoms with E-state index in [0.29, 0.717) is 12.2 Å². The Morgan fingerprint density at radius 1 is 1.62 bits per heavy atom. The van der Waals surface area contributed by atoms with Crippen molar-refractivity contribution in [3.05, 3.63) is 24.2 Å². The average Bonchev–Trinajstić information content (AvgIpc) is 2.52. The third-order valence-corrected chi connectivity index (χ3v) is 3.04. The van der Waals surface area contributed by atoms with Crippen LogP contribution in [0.1, 0.15) is 26.0 Å². The van der Waals surface area contributed by atoms with Crippen molar-refractivity contribution in [2.45, 2.75) is 25.7 Å². The Balaban J connectivity index is 2.45. The largest absolute Gasteiger partial charge is 0.480 e. The second kappa shape index (κ2) is 2.16. The summed E-state index contributed by atoms with van der Waals surface area (Å²) in [6.07, 6.45) is 2.18. The van der Waals surface area contributed by atoms with Gasteiger partial charge in [0, 0.05) is 0 Å². The molecule has 1 aromatic heterocycles. The van der Waals surface area contributed by atoms with Crippen molar-refractivity contribution in [1.82, 2.24) is 0 Å². The lowest BCUT2D eigenvalue weighted by Crippen LogP contribution is -2.24. The summed E-state index contributed by atoms with van der Waals surface area (Å²) in [5.74, 6) is -0.211. The monoisotopic (exact) mass is 180 g/mol. The van der Waals surface area contributed by atoms with Crippen molar-refractivity contribution in [3.8, 4) is 0 Å². The number of carboxylic acid groups (broad SMARTS) is 1. The van der Waals surface area contributed by atoms with Gasteiger partial charge in [0.05, 0.1) is 6.26 Å². The molecule has 1 unspecified atom stereocenters. The summed E-state index contributed by atoms with van der Waals surface area (Å²) in [5, 5.41) is 9.15. The SMILES string of the molecule is CC1(C)CC1(C(=O)O)c1ccco1. The van der Waals surface area contributed by atoms with Gasteiger partial charge in [0.1, 0.15) is 11.2 Å².